The maximum absolute atomic E-state index is 14.5. The number of rotatable bonds is 4. The van der Waals surface area contributed by atoms with Gasteiger partial charge in [-0.1, -0.05) is 0 Å². The zero-order valence-corrected chi connectivity index (χ0v) is 17.5. The van der Waals surface area contributed by atoms with E-state index in [4.69, 9.17) is 5.26 Å². The Morgan fingerprint density at radius 3 is 2.73 bits per heavy atom. The normalized spacial score (nSPS) is 15.5. The van der Waals surface area contributed by atoms with E-state index in [1.807, 2.05) is 23.1 Å². The van der Waals surface area contributed by atoms with Crippen molar-refractivity contribution < 1.29 is 13.6 Å². The molecule has 0 saturated carbocycles. The summed E-state index contributed by atoms with van der Waals surface area (Å²) in [6.07, 6.45) is 4.79. The number of benzene rings is 2. The molecule has 1 aliphatic heterocycles. The molecule has 1 atom stereocenters. The van der Waals surface area contributed by atoms with Crippen LogP contribution in [0.1, 0.15) is 40.4 Å². The molecule has 3 heterocycles. The molecule has 0 spiro atoms. The number of pyridine rings is 1. The highest BCUT2D eigenvalue weighted by Gasteiger charge is 2.29. The average Bonchev–Trinajstić information content (AvgIpc) is 3.48. The monoisotopic (exact) mass is 443 g/mol. The third-order valence-electron chi connectivity index (χ3n) is 5.92. The third-order valence-corrected chi connectivity index (χ3v) is 5.92. The summed E-state index contributed by atoms with van der Waals surface area (Å²) >= 11 is 0. The molecule has 0 radical (unpaired) electrons. The van der Waals surface area contributed by atoms with Gasteiger partial charge in [0.15, 0.2) is 0 Å². The minimum absolute atomic E-state index is 0.290. The summed E-state index contributed by atoms with van der Waals surface area (Å²) in [6, 6.07) is 15.6. The number of carbonyl (C=O) groups excluding carboxylic acids is 1. The first-order valence-electron chi connectivity index (χ1n) is 10.5. The molecule has 6 nitrogen and oxygen atoms in total. The van der Waals surface area contributed by atoms with E-state index in [1.54, 1.807) is 35.0 Å². The van der Waals surface area contributed by atoms with Crippen LogP contribution in [0.25, 0.3) is 5.52 Å². The van der Waals surface area contributed by atoms with Crippen molar-refractivity contribution in [2.75, 3.05) is 16.8 Å². The van der Waals surface area contributed by atoms with E-state index in [9.17, 15) is 13.6 Å². The average molecular weight is 443 g/mol. The standard InChI is InChI=1S/C25H19F2N5O/c26-17-5-8-22(27)20(12-17)23-2-1-10-31(23)19-9-11-32-24(13-19)21(15-29-32)25(33)30-18-6-3-16(14-28)4-7-18/h3-9,11-13,15,23H,1-2,10H2,(H,30,33). The Labute approximate surface area is 188 Å². The first-order chi connectivity index (χ1) is 16.0. The number of fused-ring (bicyclic) bond motifs is 1. The Morgan fingerprint density at radius 2 is 1.94 bits per heavy atom. The highest BCUT2D eigenvalue weighted by Crippen LogP contribution is 2.38. The smallest absolute Gasteiger partial charge is 0.259 e. The third kappa shape index (κ3) is 3.89. The van der Waals surface area contributed by atoms with Gasteiger partial charge >= 0.3 is 0 Å². The molecule has 164 valence electrons. The lowest BCUT2D eigenvalue weighted by Crippen LogP contribution is -2.23. The van der Waals surface area contributed by atoms with Gasteiger partial charge in [0.1, 0.15) is 11.6 Å². The van der Waals surface area contributed by atoms with Crippen molar-refractivity contribution in [1.29, 1.82) is 5.26 Å². The van der Waals surface area contributed by atoms with Crippen molar-refractivity contribution in [2.24, 2.45) is 0 Å². The largest absolute Gasteiger partial charge is 0.364 e. The second kappa shape index (κ2) is 8.36. The molecule has 8 heteroatoms. The van der Waals surface area contributed by atoms with Crippen LogP contribution >= 0.6 is 0 Å². The topological polar surface area (TPSA) is 73.4 Å². The summed E-state index contributed by atoms with van der Waals surface area (Å²) in [7, 11) is 0. The van der Waals surface area contributed by atoms with Crippen LogP contribution in [0.5, 0.6) is 0 Å². The lowest BCUT2D eigenvalue weighted by atomic mass is 10.0. The maximum Gasteiger partial charge on any atom is 0.259 e. The number of hydrogen-bond donors (Lipinski definition) is 1. The summed E-state index contributed by atoms with van der Waals surface area (Å²) in [5.41, 5.74) is 3.19. The summed E-state index contributed by atoms with van der Waals surface area (Å²) in [5.74, 6) is -1.23. The number of nitriles is 1. The molecule has 1 saturated heterocycles. The first-order valence-corrected chi connectivity index (χ1v) is 10.5. The molecule has 1 amide bonds. The fourth-order valence-corrected chi connectivity index (χ4v) is 4.32. The van der Waals surface area contributed by atoms with Crippen LogP contribution in [0, 0.1) is 23.0 Å². The van der Waals surface area contributed by atoms with Crippen molar-refractivity contribution in [3.05, 3.63) is 95.3 Å². The number of amides is 1. The SMILES string of the molecule is N#Cc1ccc(NC(=O)c2cnn3ccc(N4CCCC4c4cc(F)ccc4F)cc23)cc1. The fraction of sp³-hybridized carbons (Fsp3) is 0.160. The molecule has 1 unspecified atom stereocenters. The molecule has 1 fully saturated rings. The zero-order valence-electron chi connectivity index (χ0n) is 17.5. The van der Waals surface area contributed by atoms with Gasteiger partial charge in [0, 0.05) is 29.7 Å². The van der Waals surface area contributed by atoms with E-state index in [0.717, 1.165) is 24.2 Å². The summed E-state index contributed by atoms with van der Waals surface area (Å²) in [4.78, 5) is 14.9. The van der Waals surface area contributed by atoms with Crippen molar-refractivity contribution in [3.63, 3.8) is 0 Å². The molecule has 1 aliphatic rings. The molecule has 5 rings (SSSR count). The van der Waals surface area contributed by atoms with Gasteiger partial charge in [-0.3, -0.25) is 4.79 Å². The molecule has 4 aromatic rings. The minimum Gasteiger partial charge on any atom is -0.364 e. The van der Waals surface area contributed by atoms with Crippen molar-refractivity contribution in [1.82, 2.24) is 9.61 Å². The van der Waals surface area contributed by atoms with Gasteiger partial charge < -0.3 is 10.2 Å². The molecule has 33 heavy (non-hydrogen) atoms. The van der Waals surface area contributed by atoms with Crippen molar-refractivity contribution >= 4 is 22.8 Å². The molecular formula is C25H19F2N5O. The van der Waals surface area contributed by atoms with E-state index in [-0.39, 0.29) is 11.9 Å². The zero-order chi connectivity index (χ0) is 22.9. The predicted molar refractivity (Wildman–Crippen MR) is 120 cm³/mol. The van der Waals surface area contributed by atoms with Crippen LogP contribution in [0.3, 0.4) is 0 Å². The van der Waals surface area contributed by atoms with Crippen LogP contribution in [0.2, 0.25) is 0 Å². The van der Waals surface area contributed by atoms with Gasteiger partial charge in [-0.25, -0.2) is 13.3 Å². The van der Waals surface area contributed by atoms with Crippen LogP contribution < -0.4 is 10.2 Å². The Bertz CT molecular complexity index is 1390. The van der Waals surface area contributed by atoms with Gasteiger partial charge in [-0.2, -0.15) is 10.4 Å². The number of anilines is 2. The second-order valence-electron chi connectivity index (χ2n) is 7.93. The highest BCUT2D eigenvalue weighted by molar-refractivity contribution is 6.09. The molecule has 0 aliphatic carbocycles. The lowest BCUT2D eigenvalue weighted by molar-refractivity contribution is 0.102. The number of nitrogens with zero attached hydrogens (tertiary/aromatic N) is 4. The number of carbonyl (C=O) groups is 1. The molecule has 2 aromatic carbocycles. The quantitative estimate of drug-likeness (QED) is 0.478. The van der Waals surface area contributed by atoms with Gasteiger partial charge in [-0.05, 0) is 67.4 Å². The van der Waals surface area contributed by atoms with Crippen LogP contribution in [0.15, 0.2) is 67.0 Å². The van der Waals surface area contributed by atoms with E-state index < -0.39 is 11.6 Å². The minimum atomic E-state index is -0.466. The summed E-state index contributed by atoms with van der Waals surface area (Å²) in [6.45, 7) is 0.692. The molecule has 1 N–H and O–H groups in total. The van der Waals surface area contributed by atoms with Crippen LogP contribution in [-0.2, 0) is 0 Å². The van der Waals surface area contributed by atoms with Gasteiger partial charge in [0.05, 0.1) is 35.0 Å². The van der Waals surface area contributed by atoms with Gasteiger partial charge in [0.2, 0.25) is 0 Å². The molecule has 2 aromatic heterocycles. The predicted octanol–water partition coefficient (Wildman–Crippen LogP) is 5.08. The van der Waals surface area contributed by atoms with Gasteiger partial charge in [-0.15, -0.1) is 0 Å². The van der Waals surface area contributed by atoms with Gasteiger partial charge in [0.25, 0.3) is 5.91 Å². The Balaban J connectivity index is 1.46. The van der Waals surface area contributed by atoms with Crippen molar-refractivity contribution in [2.45, 2.75) is 18.9 Å². The summed E-state index contributed by atoms with van der Waals surface area (Å²) < 4.78 is 29.9. The van der Waals surface area contributed by atoms with Crippen molar-refractivity contribution in [3.8, 4) is 6.07 Å². The number of aromatic nitrogens is 2. The summed E-state index contributed by atoms with van der Waals surface area (Å²) in [5, 5.41) is 16.0. The Kier molecular flexibility index (Phi) is 5.23. The Hall–Kier alpha value is -4.25. The highest BCUT2D eigenvalue weighted by atomic mass is 19.1. The first kappa shape index (κ1) is 20.6. The van der Waals surface area contributed by atoms with E-state index >= 15 is 0 Å². The second-order valence-corrected chi connectivity index (χ2v) is 7.93. The van der Waals surface area contributed by atoms with E-state index in [1.165, 1.54) is 12.3 Å². The molecule has 0 bridgehead atoms. The molecular weight excluding hydrogens is 424 g/mol. The number of nitrogens with one attached hydrogen (secondary N) is 1. The Morgan fingerprint density at radius 1 is 1.12 bits per heavy atom. The van der Waals surface area contributed by atoms with E-state index in [0.29, 0.717) is 40.9 Å². The number of hydrogen-bond acceptors (Lipinski definition) is 4. The fourth-order valence-electron chi connectivity index (χ4n) is 4.32. The maximum atomic E-state index is 14.5. The lowest BCUT2D eigenvalue weighted by Gasteiger charge is -2.27. The van der Waals surface area contributed by atoms with Crippen LogP contribution in [0.4, 0.5) is 20.2 Å². The van der Waals surface area contributed by atoms with Crippen LogP contribution in [-0.4, -0.2) is 22.1 Å². The van der Waals surface area contributed by atoms with E-state index in [2.05, 4.69) is 10.4 Å². The number of halogens is 2.